The highest BCUT2D eigenvalue weighted by Crippen LogP contribution is 2.28. The van der Waals surface area contributed by atoms with Gasteiger partial charge < -0.3 is 15.6 Å². The van der Waals surface area contributed by atoms with Crippen molar-refractivity contribution in [3.63, 3.8) is 0 Å². The molecule has 21 heavy (non-hydrogen) atoms. The molecule has 2 rings (SSSR count). The molecule has 1 aromatic rings. The van der Waals surface area contributed by atoms with Crippen LogP contribution >= 0.6 is 0 Å². The van der Waals surface area contributed by atoms with E-state index in [-0.39, 0.29) is 28.8 Å². The van der Waals surface area contributed by atoms with E-state index < -0.39 is 0 Å². The van der Waals surface area contributed by atoms with E-state index in [2.05, 4.69) is 43.3 Å². The molecule has 0 spiro atoms. The van der Waals surface area contributed by atoms with Crippen molar-refractivity contribution in [1.82, 2.24) is 15.6 Å². The van der Waals surface area contributed by atoms with Crippen LogP contribution in [-0.4, -0.2) is 33.8 Å². The van der Waals surface area contributed by atoms with Gasteiger partial charge >= 0.3 is 0 Å². The van der Waals surface area contributed by atoms with Crippen LogP contribution in [0.25, 0.3) is 0 Å². The molecule has 3 N–H and O–H groups in total. The monoisotopic (exact) mass is 291 g/mol. The quantitative estimate of drug-likeness (QED) is 0.748. The molecule has 0 radical (unpaired) electrons. The van der Waals surface area contributed by atoms with Gasteiger partial charge in [0.05, 0.1) is 0 Å². The number of H-pyrrole nitrogens is 1. The largest absolute Gasteiger partial charge is 0.356 e. The normalized spacial score (nSPS) is 21.0. The third kappa shape index (κ3) is 3.94. The highest BCUT2D eigenvalue weighted by atomic mass is 16.2. The van der Waals surface area contributed by atoms with E-state index in [0.717, 1.165) is 12.8 Å². The van der Waals surface area contributed by atoms with E-state index in [4.69, 9.17) is 0 Å². The minimum atomic E-state index is -0.152. The summed E-state index contributed by atoms with van der Waals surface area (Å²) in [4.78, 5) is 26.4. The summed E-state index contributed by atoms with van der Waals surface area (Å²) in [6, 6.07) is 1.72. The van der Waals surface area contributed by atoms with E-state index in [0.29, 0.717) is 11.3 Å². The first kappa shape index (κ1) is 15.8. The van der Waals surface area contributed by atoms with Crippen LogP contribution in [0.15, 0.2) is 12.3 Å². The zero-order chi connectivity index (χ0) is 15.8. The number of rotatable bonds is 3. The fourth-order valence-electron chi connectivity index (χ4n) is 3.42. The average molecular weight is 291 g/mol. The van der Waals surface area contributed by atoms with Gasteiger partial charge in [0.2, 0.25) is 0 Å². The van der Waals surface area contributed by atoms with Crippen LogP contribution in [0.4, 0.5) is 0 Å². The van der Waals surface area contributed by atoms with Crippen molar-refractivity contribution < 1.29 is 9.59 Å². The summed E-state index contributed by atoms with van der Waals surface area (Å²) in [5.74, 6) is -0.199. The second-order valence-corrected chi connectivity index (χ2v) is 7.33. The third-order valence-corrected chi connectivity index (χ3v) is 3.86. The lowest BCUT2D eigenvalue weighted by Crippen LogP contribution is -2.62. The predicted octanol–water partition coefficient (Wildman–Crippen LogP) is 2.26. The molecule has 5 heteroatoms. The van der Waals surface area contributed by atoms with E-state index >= 15 is 0 Å². The summed E-state index contributed by atoms with van der Waals surface area (Å²) in [5, 5.41) is 6.67. The molecule has 1 saturated heterocycles. The Kier molecular flexibility index (Phi) is 3.97. The third-order valence-electron chi connectivity index (χ3n) is 3.86. The number of Topliss-reactive ketones (excluding diaryl/α,β-unsaturated/α-hetero) is 1. The van der Waals surface area contributed by atoms with Crippen LogP contribution in [0.3, 0.4) is 0 Å². The van der Waals surface area contributed by atoms with Crippen LogP contribution in [0.5, 0.6) is 0 Å². The van der Waals surface area contributed by atoms with Gasteiger partial charge in [0.1, 0.15) is 5.69 Å². The van der Waals surface area contributed by atoms with E-state index in [1.165, 1.54) is 6.92 Å². The second-order valence-electron chi connectivity index (χ2n) is 7.33. The maximum Gasteiger partial charge on any atom is 0.267 e. The van der Waals surface area contributed by atoms with Gasteiger partial charge in [-0.3, -0.25) is 9.59 Å². The van der Waals surface area contributed by atoms with Gasteiger partial charge in [-0.15, -0.1) is 0 Å². The number of amides is 1. The molecule has 1 aliphatic rings. The molecule has 0 bridgehead atoms. The van der Waals surface area contributed by atoms with E-state index in [1.54, 1.807) is 12.3 Å². The zero-order valence-corrected chi connectivity index (χ0v) is 13.5. The van der Waals surface area contributed by atoms with Crippen molar-refractivity contribution in [2.75, 3.05) is 0 Å². The molecule has 2 heterocycles. The molecule has 5 nitrogen and oxygen atoms in total. The maximum absolute atomic E-state index is 12.3. The van der Waals surface area contributed by atoms with Crippen LogP contribution < -0.4 is 10.6 Å². The van der Waals surface area contributed by atoms with Crippen molar-refractivity contribution in [2.45, 2.75) is 64.6 Å². The highest BCUT2D eigenvalue weighted by Gasteiger charge is 2.38. The fourth-order valence-corrected chi connectivity index (χ4v) is 3.42. The number of ketones is 1. The lowest BCUT2D eigenvalue weighted by molar-refractivity contribution is 0.0868. The number of carbonyl (C=O) groups excluding carboxylic acids is 2. The Morgan fingerprint density at radius 3 is 2.24 bits per heavy atom. The van der Waals surface area contributed by atoms with E-state index in [1.807, 2.05) is 0 Å². The first-order valence-corrected chi connectivity index (χ1v) is 7.38. The number of piperidine rings is 1. The van der Waals surface area contributed by atoms with Crippen molar-refractivity contribution in [3.05, 3.63) is 23.5 Å². The van der Waals surface area contributed by atoms with Crippen LogP contribution in [-0.2, 0) is 0 Å². The maximum atomic E-state index is 12.3. The molecule has 116 valence electrons. The topological polar surface area (TPSA) is 74.0 Å². The Morgan fingerprint density at radius 1 is 1.19 bits per heavy atom. The number of hydrogen-bond acceptors (Lipinski definition) is 3. The standard InChI is InChI=1S/C16H25N3O2/c1-10(20)11-6-13(17-9-11)14(21)18-12-7-15(2,3)19-16(4,5)8-12/h6,9,12,17,19H,7-8H2,1-5H3,(H,18,21). The second kappa shape index (κ2) is 5.30. The molecule has 0 aromatic carbocycles. The Morgan fingerprint density at radius 2 is 1.76 bits per heavy atom. The first-order chi connectivity index (χ1) is 9.58. The molecule has 1 aromatic heterocycles. The van der Waals surface area contributed by atoms with Gasteiger partial charge in [-0.2, -0.15) is 0 Å². The summed E-state index contributed by atoms with van der Waals surface area (Å²) in [7, 11) is 0. The zero-order valence-electron chi connectivity index (χ0n) is 13.5. The van der Waals surface area contributed by atoms with E-state index in [9.17, 15) is 9.59 Å². The van der Waals surface area contributed by atoms with Gasteiger partial charge in [-0.05, 0) is 53.5 Å². The SMILES string of the molecule is CC(=O)c1c[nH]c(C(=O)NC2CC(C)(C)NC(C)(C)C2)c1. The minimum absolute atomic E-state index is 0.0139. The van der Waals surface area contributed by atoms with Gasteiger partial charge in [0.15, 0.2) is 5.78 Å². The smallest absolute Gasteiger partial charge is 0.267 e. The molecular formula is C16H25N3O2. The Bertz CT molecular complexity index is 542. The van der Waals surface area contributed by atoms with Crippen LogP contribution in [0.1, 0.15) is 68.3 Å². The highest BCUT2D eigenvalue weighted by molar-refractivity contribution is 5.99. The Labute approximate surface area is 125 Å². The van der Waals surface area contributed by atoms with Gasteiger partial charge in [-0.1, -0.05) is 0 Å². The Balaban J connectivity index is 2.06. The summed E-state index contributed by atoms with van der Waals surface area (Å²) in [5.41, 5.74) is 0.945. The molecule has 1 fully saturated rings. The molecule has 0 aliphatic carbocycles. The van der Waals surface area contributed by atoms with Crippen molar-refractivity contribution in [3.8, 4) is 0 Å². The summed E-state index contributed by atoms with van der Waals surface area (Å²) in [6.07, 6.45) is 3.33. The fraction of sp³-hybridized carbons (Fsp3) is 0.625. The first-order valence-electron chi connectivity index (χ1n) is 7.38. The molecule has 1 amide bonds. The number of nitrogens with one attached hydrogen (secondary N) is 3. The van der Waals surface area contributed by atoms with Crippen LogP contribution in [0.2, 0.25) is 0 Å². The van der Waals surface area contributed by atoms with Crippen molar-refractivity contribution in [1.29, 1.82) is 0 Å². The number of hydrogen-bond donors (Lipinski definition) is 3. The van der Waals surface area contributed by atoms with Gasteiger partial charge in [-0.25, -0.2) is 0 Å². The molecular weight excluding hydrogens is 266 g/mol. The minimum Gasteiger partial charge on any atom is -0.356 e. The number of carbonyl (C=O) groups is 2. The van der Waals surface area contributed by atoms with Gasteiger partial charge in [0, 0.05) is 28.9 Å². The van der Waals surface area contributed by atoms with Crippen molar-refractivity contribution in [2.24, 2.45) is 0 Å². The molecule has 1 aliphatic heterocycles. The summed E-state index contributed by atoms with van der Waals surface area (Å²) in [6.45, 7) is 10.1. The van der Waals surface area contributed by atoms with Crippen molar-refractivity contribution >= 4 is 11.7 Å². The lowest BCUT2D eigenvalue weighted by atomic mass is 9.79. The molecule has 0 saturated carbocycles. The predicted molar refractivity (Wildman–Crippen MR) is 82.6 cm³/mol. The lowest BCUT2D eigenvalue weighted by Gasteiger charge is -2.46. The molecule has 0 unspecified atom stereocenters. The average Bonchev–Trinajstić information content (AvgIpc) is 2.72. The molecule has 0 atom stereocenters. The number of aromatic nitrogens is 1. The Hall–Kier alpha value is -1.62. The number of aromatic amines is 1. The van der Waals surface area contributed by atoms with Crippen LogP contribution in [0, 0.1) is 0 Å². The van der Waals surface area contributed by atoms with Gasteiger partial charge in [0.25, 0.3) is 5.91 Å². The summed E-state index contributed by atoms with van der Waals surface area (Å²) >= 11 is 0. The summed E-state index contributed by atoms with van der Waals surface area (Å²) < 4.78 is 0.